The van der Waals surface area contributed by atoms with Gasteiger partial charge >= 0.3 is 0 Å². The molecule has 0 radical (unpaired) electrons. The summed E-state index contributed by atoms with van der Waals surface area (Å²) in [5.41, 5.74) is 0. The Balaban J connectivity index is 2.46. The first-order valence-electron chi connectivity index (χ1n) is 5.33. The molecule has 1 aliphatic carbocycles. The van der Waals surface area contributed by atoms with Crippen molar-refractivity contribution in [2.24, 2.45) is 11.8 Å². The summed E-state index contributed by atoms with van der Waals surface area (Å²) in [7, 11) is 0. The molecule has 1 aliphatic rings. The van der Waals surface area contributed by atoms with Crippen LogP contribution in [0.1, 0.15) is 39.5 Å². The average molecular weight is 214 g/mol. The van der Waals surface area contributed by atoms with E-state index in [1.165, 1.54) is 0 Å². The number of ketones is 1. The van der Waals surface area contributed by atoms with E-state index in [1.54, 1.807) is 0 Å². The molecule has 2 unspecified atom stereocenters. The van der Waals surface area contributed by atoms with Gasteiger partial charge in [0.1, 0.15) is 5.78 Å². The lowest BCUT2D eigenvalue weighted by Crippen LogP contribution is -2.27. The van der Waals surface area contributed by atoms with Crippen molar-refractivity contribution in [3.63, 3.8) is 0 Å². The molecule has 1 saturated carbocycles. The van der Waals surface area contributed by atoms with Crippen LogP contribution >= 0.6 is 12.2 Å². The third kappa shape index (κ3) is 3.05. The number of ether oxygens (including phenoxy) is 1. The lowest BCUT2D eigenvalue weighted by Gasteiger charge is -2.26. The lowest BCUT2D eigenvalue weighted by molar-refractivity contribution is -0.121. The molecule has 0 N–H and O–H groups in total. The summed E-state index contributed by atoms with van der Waals surface area (Å²) in [6, 6.07) is 0. The number of hydrogen-bond donors (Lipinski definition) is 0. The van der Waals surface area contributed by atoms with Gasteiger partial charge in [-0.15, -0.1) is 0 Å². The van der Waals surface area contributed by atoms with E-state index in [-0.39, 0.29) is 5.92 Å². The van der Waals surface area contributed by atoms with Crippen LogP contribution in [0.25, 0.3) is 0 Å². The Bertz CT molecular complexity index is 225. The van der Waals surface area contributed by atoms with Gasteiger partial charge in [-0.3, -0.25) is 4.79 Å². The summed E-state index contributed by atoms with van der Waals surface area (Å²) in [5.74, 6) is 1.04. The number of rotatable bonds is 3. The molecular weight excluding hydrogens is 196 g/mol. The van der Waals surface area contributed by atoms with Gasteiger partial charge < -0.3 is 4.74 Å². The normalized spacial score (nSPS) is 24.4. The molecule has 80 valence electrons. The van der Waals surface area contributed by atoms with Crippen molar-refractivity contribution in [1.29, 1.82) is 0 Å². The minimum atomic E-state index is 0.245. The standard InChI is InChI=1S/C11H18O2S/c1-3-13-11(14)8(2)9-5-4-6-10(12)7-9/h8-9H,3-7H2,1-2H3. The third-order valence-corrected chi connectivity index (χ3v) is 3.38. The summed E-state index contributed by atoms with van der Waals surface area (Å²) in [4.78, 5) is 11.3. The van der Waals surface area contributed by atoms with Crippen molar-refractivity contribution >= 4 is 23.1 Å². The fourth-order valence-corrected chi connectivity index (χ4v) is 2.26. The van der Waals surface area contributed by atoms with E-state index in [1.807, 2.05) is 6.92 Å². The first-order chi connectivity index (χ1) is 6.65. The summed E-state index contributed by atoms with van der Waals surface area (Å²) >= 11 is 5.16. The van der Waals surface area contributed by atoms with E-state index >= 15 is 0 Å². The minimum Gasteiger partial charge on any atom is -0.487 e. The monoisotopic (exact) mass is 214 g/mol. The zero-order valence-electron chi connectivity index (χ0n) is 8.91. The molecule has 0 heterocycles. The van der Waals surface area contributed by atoms with E-state index < -0.39 is 0 Å². The fourth-order valence-electron chi connectivity index (χ4n) is 1.95. The van der Waals surface area contributed by atoms with Crippen molar-refractivity contribution in [2.75, 3.05) is 6.61 Å². The number of hydrogen-bond acceptors (Lipinski definition) is 3. The molecule has 1 fully saturated rings. The fraction of sp³-hybridized carbons (Fsp3) is 0.818. The molecule has 14 heavy (non-hydrogen) atoms. The van der Waals surface area contributed by atoms with Crippen LogP contribution in [0.3, 0.4) is 0 Å². The Morgan fingerprint density at radius 3 is 3.00 bits per heavy atom. The van der Waals surface area contributed by atoms with Crippen LogP contribution < -0.4 is 0 Å². The van der Waals surface area contributed by atoms with Gasteiger partial charge in [0.2, 0.25) is 0 Å². The second-order valence-electron chi connectivity index (χ2n) is 3.94. The minimum absolute atomic E-state index is 0.245. The zero-order valence-corrected chi connectivity index (χ0v) is 9.73. The highest BCUT2D eigenvalue weighted by Crippen LogP contribution is 2.29. The molecule has 2 atom stereocenters. The van der Waals surface area contributed by atoms with Crippen LogP contribution in [0.15, 0.2) is 0 Å². The Hall–Kier alpha value is -0.440. The van der Waals surface area contributed by atoms with Gasteiger partial charge in [-0.1, -0.05) is 6.92 Å². The summed E-state index contributed by atoms with van der Waals surface area (Å²) < 4.78 is 5.31. The number of thiocarbonyl (C=S) groups is 1. The summed E-state index contributed by atoms with van der Waals surface area (Å²) in [5, 5.41) is 0.673. The van der Waals surface area contributed by atoms with Gasteiger partial charge in [0.25, 0.3) is 0 Å². The number of carbonyl (C=O) groups excluding carboxylic acids is 1. The van der Waals surface area contributed by atoms with Crippen molar-refractivity contribution in [2.45, 2.75) is 39.5 Å². The molecule has 2 nitrogen and oxygen atoms in total. The van der Waals surface area contributed by atoms with Gasteiger partial charge in [-0.05, 0) is 37.9 Å². The Morgan fingerprint density at radius 1 is 1.71 bits per heavy atom. The molecular formula is C11H18O2S. The SMILES string of the molecule is CCOC(=S)C(C)C1CCCC(=O)C1. The molecule has 0 amide bonds. The third-order valence-electron chi connectivity index (χ3n) is 2.89. The molecule has 0 aromatic heterocycles. The van der Waals surface area contributed by atoms with Crippen molar-refractivity contribution in [3.8, 4) is 0 Å². The quantitative estimate of drug-likeness (QED) is 0.676. The average Bonchev–Trinajstić information content (AvgIpc) is 2.17. The first kappa shape index (κ1) is 11.6. The van der Waals surface area contributed by atoms with Crippen molar-refractivity contribution in [3.05, 3.63) is 0 Å². The second kappa shape index (κ2) is 5.44. The van der Waals surface area contributed by atoms with Crippen LogP contribution in [0.4, 0.5) is 0 Å². The molecule has 0 spiro atoms. The Morgan fingerprint density at radius 2 is 2.43 bits per heavy atom. The van der Waals surface area contributed by atoms with Gasteiger partial charge in [-0.25, -0.2) is 0 Å². The largest absolute Gasteiger partial charge is 0.487 e. The molecule has 0 aliphatic heterocycles. The zero-order chi connectivity index (χ0) is 10.6. The predicted molar refractivity (Wildman–Crippen MR) is 60.4 cm³/mol. The van der Waals surface area contributed by atoms with Crippen LogP contribution in [-0.4, -0.2) is 17.4 Å². The van der Waals surface area contributed by atoms with Crippen LogP contribution in [-0.2, 0) is 9.53 Å². The van der Waals surface area contributed by atoms with E-state index in [2.05, 4.69) is 6.92 Å². The van der Waals surface area contributed by atoms with E-state index in [4.69, 9.17) is 17.0 Å². The van der Waals surface area contributed by atoms with Gasteiger partial charge in [0, 0.05) is 18.8 Å². The number of carbonyl (C=O) groups is 1. The van der Waals surface area contributed by atoms with E-state index in [0.717, 1.165) is 19.3 Å². The smallest absolute Gasteiger partial charge is 0.162 e. The summed E-state index contributed by atoms with van der Waals surface area (Å²) in [6.45, 7) is 4.64. The predicted octanol–water partition coefficient (Wildman–Crippen LogP) is 2.75. The Labute approximate surface area is 91.0 Å². The van der Waals surface area contributed by atoms with Crippen LogP contribution in [0.5, 0.6) is 0 Å². The molecule has 3 heteroatoms. The Kier molecular flexibility index (Phi) is 4.52. The van der Waals surface area contributed by atoms with E-state index in [9.17, 15) is 4.79 Å². The van der Waals surface area contributed by atoms with Crippen LogP contribution in [0, 0.1) is 11.8 Å². The molecule has 0 aromatic rings. The highest BCUT2D eigenvalue weighted by Gasteiger charge is 2.27. The highest BCUT2D eigenvalue weighted by molar-refractivity contribution is 7.80. The van der Waals surface area contributed by atoms with Gasteiger partial charge in [-0.2, -0.15) is 0 Å². The summed E-state index contributed by atoms with van der Waals surface area (Å²) in [6.07, 6.45) is 3.57. The molecule has 0 bridgehead atoms. The molecule has 0 aromatic carbocycles. The maximum atomic E-state index is 11.3. The molecule has 0 saturated heterocycles. The van der Waals surface area contributed by atoms with Crippen molar-refractivity contribution in [1.82, 2.24) is 0 Å². The maximum absolute atomic E-state index is 11.3. The van der Waals surface area contributed by atoms with Gasteiger partial charge in [0.05, 0.1) is 6.61 Å². The molecule has 1 rings (SSSR count). The number of Topliss-reactive ketones (excluding diaryl/α,β-unsaturated/α-hetero) is 1. The van der Waals surface area contributed by atoms with E-state index in [0.29, 0.717) is 29.8 Å². The second-order valence-corrected chi connectivity index (χ2v) is 4.34. The topological polar surface area (TPSA) is 26.3 Å². The van der Waals surface area contributed by atoms with Crippen LogP contribution in [0.2, 0.25) is 0 Å². The van der Waals surface area contributed by atoms with Gasteiger partial charge in [0.15, 0.2) is 5.05 Å². The highest BCUT2D eigenvalue weighted by atomic mass is 32.1. The first-order valence-corrected chi connectivity index (χ1v) is 5.74. The van der Waals surface area contributed by atoms with Crippen molar-refractivity contribution < 1.29 is 9.53 Å². The lowest BCUT2D eigenvalue weighted by atomic mass is 9.80. The maximum Gasteiger partial charge on any atom is 0.162 e.